The Morgan fingerprint density at radius 2 is 1.89 bits per heavy atom. The smallest absolute Gasteiger partial charge is 0.379 e. The molecule has 1 aliphatic rings. The van der Waals surface area contributed by atoms with E-state index in [4.69, 9.17) is 11.6 Å². The normalized spacial score (nSPS) is 20.5. The second-order valence-electron chi connectivity index (χ2n) is 9.64. The topological polar surface area (TPSA) is 75.2 Å². The molecule has 0 saturated heterocycles. The molecule has 3 aromatic rings. The summed E-state index contributed by atoms with van der Waals surface area (Å²) in [5.41, 5.74) is 0.325. The maximum Gasteiger partial charge on any atom is 0.416 e. The number of benzene rings is 2. The Morgan fingerprint density at radius 1 is 1.13 bits per heavy atom. The molecule has 1 heterocycles. The molecule has 0 bridgehead atoms. The summed E-state index contributed by atoms with van der Waals surface area (Å²) in [6.07, 6.45) is 0.0259. The van der Waals surface area contributed by atoms with Gasteiger partial charge in [-0.15, -0.1) is 0 Å². The molecule has 38 heavy (non-hydrogen) atoms. The van der Waals surface area contributed by atoms with Crippen LogP contribution in [-0.4, -0.2) is 49.5 Å². The first-order valence-corrected chi connectivity index (χ1v) is 13.9. The largest absolute Gasteiger partial charge is 0.416 e. The number of hydrogen-bond donors (Lipinski definition) is 1. The van der Waals surface area contributed by atoms with Gasteiger partial charge in [0.1, 0.15) is 17.0 Å². The first kappa shape index (κ1) is 28.3. The van der Waals surface area contributed by atoms with Crippen molar-refractivity contribution < 1.29 is 26.0 Å². The number of aromatic nitrogens is 2. The fourth-order valence-electron chi connectivity index (χ4n) is 4.95. The lowest BCUT2D eigenvalue weighted by atomic mass is 9.78. The Kier molecular flexibility index (Phi) is 8.29. The molecule has 1 N–H and O–H groups in total. The number of anilines is 1. The van der Waals surface area contributed by atoms with Crippen LogP contribution in [-0.2, 0) is 21.8 Å². The quantitative estimate of drug-likeness (QED) is 0.354. The summed E-state index contributed by atoms with van der Waals surface area (Å²) in [5.74, 6) is -1.63. The Balaban J connectivity index is 1.58. The van der Waals surface area contributed by atoms with Gasteiger partial charge in [-0.05, 0) is 69.1 Å². The Hall–Kier alpha value is -2.76. The first-order valence-electron chi connectivity index (χ1n) is 11.9. The van der Waals surface area contributed by atoms with Gasteiger partial charge in [-0.2, -0.15) is 13.2 Å². The van der Waals surface area contributed by atoms with E-state index in [2.05, 4.69) is 15.3 Å². The van der Waals surface area contributed by atoms with Crippen molar-refractivity contribution in [2.45, 2.75) is 54.1 Å². The molecule has 0 aliphatic heterocycles. The van der Waals surface area contributed by atoms with E-state index in [0.29, 0.717) is 24.8 Å². The van der Waals surface area contributed by atoms with Crippen molar-refractivity contribution in [1.29, 1.82) is 0 Å². The Labute approximate surface area is 224 Å². The monoisotopic (exact) mass is 570 g/mol. The van der Waals surface area contributed by atoms with Gasteiger partial charge in [-0.25, -0.2) is 22.8 Å². The fraction of sp³-hybridized carbons (Fsp3) is 0.385. The molecule has 1 fully saturated rings. The minimum absolute atomic E-state index is 0.00245. The standard InChI is InChI=1S/C26H27ClF4N4O2S/c1-35(2)24-7-6-17(16-4-3-5-18(10-16)26(29,30)31)11-23(24)34-22-13-21(28)25(12-20(22)27)38(36,37)14-19-8-9-32-15-33-19/h3-5,8-10,12-13,15,17,23-24,34H,6-7,11,14H2,1-2H3/t17-,23+,24+/m1/s1. The molecule has 1 saturated carbocycles. The van der Waals surface area contributed by atoms with E-state index in [1.165, 1.54) is 30.7 Å². The maximum atomic E-state index is 15.1. The van der Waals surface area contributed by atoms with Crippen LogP contribution < -0.4 is 5.32 Å². The zero-order valence-electron chi connectivity index (χ0n) is 20.7. The summed E-state index contributed by atoms with van der Waals surface area (Å²) in [4.78, 5) is 9.09. The van der Waals surface area contributed by atoms with Crippen LogP contribution in [0.15, 0.2) is 59.9 Å². The number of nitrogens with zero attached hydrogens (tertiary/aromatic N) is 3. The van der Waals surface area contributed by atoms with Gasteiger partial charge in [0.2, 0.25) is 0 Å². The zero-order valence-corrected chi connectivity index (χ0v) is 22.3. The lowest BCUT2D eigenvalue weighted by molar-refractivity contribution is -0.137. The molecule has 0 amide bonds. The van der Waals surface area contributed by atoms with Gasteiger partial charge in [0.15, 0.2) is 9.84 Å². The van der Waals surface area contributed by atoms with Crippen LogP contribution in [0, 0.1) is 5.82 Å². The molecule has 204 valence electrons. The zero-order chi connectivity index (χ0) is 27.7. The summed E-state index contributed by atoms with van der Waals surface area (Å²) < 4.78 is 80.6. The number of rotatable bonds is 7. The maximum absolute atomic E-state index is 15.1. The predicted molar refractivity (Wildman–Crippen MR) is 137 cm³/mol. The number of nitrogens with one attached hydrogen (secondary N) is 1. The van der Waals surface area contributed by atoms with Crippen LogP contribution >= 0.6 is 11.6 Å². The van der Waals surface area contributed by atoms with Gasteiger partial charge in [0.25, 0.3) is 0 Å². The minimum atomic E-state index is -4.44. The average Bonchev–Trinajstić information content (AvgIpc) is 2.85. The molecule has 2 aromatic carbocycles. The molecular formula is C26H27ClF4N4O2S. The van der Waals surface area contributed by atoms with Crippen LogP contribution in [0.2, 0.25) is 5.02 Å². The van der Waals surface area contributed by atoms with Crippen LogP contribution in [0.1, 0.15) is 42.0 Å². The van der Waals surface area contributed by atoms with E-state index >= 15 is 4.39 Å². The second kappa shape index (κ2) is 11.2. The van der Waals surface area contributed by atoms with Crippen molar-refractivity contribution in [3.63, 3.8) is 0 Å². The highest BCUT2D eigenvalue weighted by Gasteiger charge is 2.35. The molecule has 0 unspecified atom stereocenters. The van der Waals surface area contributed by atoms with E-state index in [0.717, 1.165) is 18.2 Å². The molecule has 6 nitrogen and oxygen atoms in total. The van der Waals surface area contributed by atoms with E-state index < -0.39 is 38.0 Å². The van der Waals surface area contributed by atoms with E-state index in [-0.39, 0.29) is 34.4 Å². The summed E-state index contributed by atoms with van der Waals surface area (Å²) in [5, 5.41) is 3.26. The number of halogens is 5. The van der Waals surface area contributed by atoms with Crippen molar-refractivity contribution in [1.82, 2.24) is 14.9 Å². The summed E-state index contributed by atoms with van der Waals surface area (Å²) in [6, 6.07) is 8.61. The molecule has 12 heteroatoms. The summed E-state index contributed by atoms with van der Waals surface area (Å²) in [6.45, 7) is 0. The second-order valence-corrected chi connectivity index (χ2v) is 12.0. The molecule has 1 aliphatic carbocycles. The fourth-order valence-corrected chi connectivity index (χ4v) is 6.60. The number of alkyl halides is 3. The minimum Gasteiger partial charge on any atom is -0.379 e. The van der Waals surface area contributed by atoms with Crippen molar-refractivity contribution in [3.05, 3.63) is 82.6 Å². The van der Waals surface area contributed by atoms with Crippen molar-refractivity contribution >= 4 is 27.1 Å². The highest BCUT2D eigenvalue weighted by Crippen LogP contribution is 2.39. The lowest BCUT2D eigenvalue weighted by Gasteiger charge is -2.41. The molecule has 4 rings (SSSR count). The van der Waals surface area contributed by atoms with Gasteiger partial charge < -0.3 is 10.2 Å². The third kappa shape index (κ3) is 6.44. The van der Waals surface area contributed by atoms with Crippen molar-refractivity contribution in [2.75, 3.05) is 19.4 Å². The highest BCUT2D eigenvalue weighted by molar-refractivity contribution is 7.90. The molecular weight excluding hydrogens is 544 g/mol. The van der Waals surface area contributed by atoms with Gasteiger partial charge >= 0.3 is 6.18 Å². The number of likely N-dealkylation sites (N-methyl/N-ethyl adjacent to an activating group) is 1. The third-order valence-electron chi connectivity index (χ3n) is 6.84. The first-order chi connectivity index (χ1) is 17.8. The highest BCUT2D eigenvalue weighted by atomic mass is 35.5. The van der Waals surface area contributed by atoms with Gasteiger partial charge in [-0.1, -0.05) is 29.8 Å². The van der Waals surface area contributed by atoms with Gasteiger partial charge in [0, 0.05) is 18.3 Å². The average molecular weight is 571 g/mol. The van der Waals surface area contributed by atoms with Crippen LogP contribution in [0.3, 0.4) is 0 Å². The van der Waals surface area contributed by atoms with Gasteiger partial charge in [-0.3, -0.25) is 0 Å². The molecule has 1 aromatic heterocycles. The summed E-state index contributed by atoms with van der Waals surface area (Å²) >= 11 is 6.42. The van der Waals surface area contributed by atoms with Crippen LogP contribution in [0.4, 0.5) is 23.2 Å². The van der Waals surface area contributed by atoms with E-state index in [1.807, 2.05) is 19.0 Å². The Morgan fingerprint density at radius 3 is 2.55 bits per heavy atom. The van der Waals surface area contributed by atoms with Gasteiger partial charge in [0.05, 0.1) is 27.7 Å². The van der Waals surface area contributed by atoms with Crippen LogP contribution in [0.25, 0.3) is 0 Å². The SMILES string of the molecule is CN(C)[C@H]1CC[C@@H](c2cccc(C(F)(F)F)c2)C[C@@H]1Nc1cc(F)c(S(=O)(=O)Cc2ccncn2)cc1Cl. The Bertz CT molecular complexity index is 1390. The number of sulfone groups is 1. The lowest BCUT2D eigenvalue weighted by Crippen LogP contribution is -2.47. The third-order valence-corrected chi connectivity index (χ3v) is 8.81. The number of hydrogen-bond acceptors (Lipinski definition) is 6. The summed E-state index contributed by atoms with van der Waals surface area (Å²) in [7, 11) is -0.284. The predicted octanol–water partition coefficient (Wildman–Crippen LogP) is 5.94. The molecule has 0 spiro atoms. The van der Waals surface area contributed by atoms with Crippen LogP contribution in [0.5, 0.6) is 0 Å². The van der Waals surface area contributed by atoms with Crippen molar-refractivity contribution in [3.8, 4) is 0 Å². The molecule has 3 atom stereocenters. The van der Waals surface area contributed by atoms with Crippen molar-refractivity contribution in [2.24, 2.45) is 0 Å². The molecule has 0 radical (unpaired) electrons. The van der Waals surface area contributed by atoms with E-state index in [9.17, 15) is 21.6 Å². The van der Waals surface area contributed by atoms with E-state index in [1.54, 1.807) is 6.07 Å².